The van der Waals surface area contributed by atoms with E-state index < -0.39 is 0 Å². The van der Waals surface area contributed by atoms with Crippen LogP contribution in [0.15, 0.2) is 54.9 Å². The maximum Gasteiger partial charge on any atom is 0.184 e. The highest BCUT2D eigenvalue weighted by atomic mass is 15.4. The number of nitrogens with two attached hydrogens (primary N) is 1. The van der Waals surface area contributed by atoms with Crippen molar-refractivity contribution >= 4 is 28.2 Å². The molecule has 0 atom stereocenters. The van der Waals surface area contributed by atoms with Gasteiger partial charge in [-0.2, -0.15) is 4.68 Å². The van der Waals surface area contributed by atoms with Crippen molar-refractivity contribution in [2.45, 2.75) is 26.2 Å². The van der Waals surface area contributed by atoms with Crippen molar-refractivity contribution in [2.75, 3.05) is 11.1 Å². The van der Waals surface area contributed by atoms with Gasteiger partial charge in [-0.05, 0) is 42.7 Å². The first-order valence-corrected chi connectivity index (χ1v) is 9.03. The summed E-state index contributed by atoms with van der Waals surface area (Å²) in [5.41, 5.74) is 10.6. The summed E-state index contributed by atoms with van der Waals surface area (Å²) in [4.78, 5) is 8.59. The molecule has 0 amide bonds. The van der Waals surface area contributed by atoms with Gasteiger partial charge in [-0.1, -0.05) is 42.8 Å². The fraction of sp³-hybridized carbons (Fsp3) is 0.200. The number of nitrogen functional groups attached to an aromatic ring is 1. The molecule has 7 nitrogen and oxygen atoms in total. The zero-order chi connectivity index (χ0) is 18.6. The quantitative estimate of drug-likeness (QED) is 0.542. The fourth-order valence-corrected chi connectivity index (χ4v) is 2.95. The molecule has 7 heteroatoms. The molecule has 0 bridgehead atoms. The molecule has 0 fully saturated rings. The maximum atomic E-state index is 6.33. The largest absolute Gasteiger partial charge is 0.393 e. The molecule has 27 heavy (non-hydrogen) atoms. The van der Waals surface area contributed by atoms with E-state index in [1.54, 1.807) is 4.68 Å². The van der Waals surface area contributed by atoms with Crippen molar-refractivity contribution in [3.63, 3.8) is 0 Å². The third kappa shape index (κ3) is 3.44. The van der Waals surface area contributed by atoms with Crippen LogP contribution in [0.5, 0.6) is 0 Å². The molecule has 0 unspecified atom stereocenters. The Labute approximate surface area is 157 Å². The summed E-state index contributed by atoms with van der Waals surface area (Å²) in [5.74, 6) is 1.04. The summed E-state index contributed by atoms with van der Waals surface area (Å²) < 4.78 is 1.63. The van der Waals surface area contributed by atoms with E-state index in [0.29, 0.717) is 17.3 Å². The van der Waals surface area contributed by atoms with E-state index in [2.05, 4.69) is 44.7 Å². The monoisotopic (exact) mass is 359 g/mol. The minimum atomic E-state index is 0.420. The second kappa shape index (κ2) is 7.41. The van der Waals surface area contributed by atoms with E-state index in [9.17, 15) is 0 Å². The van der Waals surface area contributed by atoms with Gasteiger partial charge in [0.1, 0.15) is 17.5 Å². The Bertz CT molecular complexity index is 1050. The summed E-state index contributed by atoms with van der Waals surface area (Å²) in [7, 11) is 0. The number of aromatic nitrogens is 5. The number of rotatable bonds is 6. The van der Waals surface area contributed by atoms with E-state index in [1.165, 1.54) is 24.7 Å². The molecule has 0 radical (unpaired) electrons. The van der Waals surface area contributed by atoms with Crippen molar-refractivity contribution in [1.82, 2.24) is 25.0 Å². The highest BCUT2D eigenvalue weighted by Gasteiger charge is 2.14. The Morgan fingerprint density at radius 1 is 1.04 bits per heavy atom. The number of hydrogen-bond donors (Lipinski definition) is 2. The zero-order valence-electron chi connectivity index (χ0n) is 15.1. The third-order valence-electron chi connectivity index (χ3n) is 4.45. The molecule has 136 valence electrons. The predicted octanol–water partition coefficient (Wildman–Crippen LogP) is 3.88. The van der Waals surface area contributed by atoms with Gasteiger partial charge in [-0.3, -0.25) is 0 Å². The van der Waals surface area contributed by atoms with Gasteiger partial charge >= 0.3 is 0 Å². The first kappa shape index (κ1) is 17.0. The average Bonchev–Trinajstić information content (AvgIpc) is 3.13. The van der Waals surface area contributed by atoms with Crippen molar-refractivity contribution in [3.05, 3.63) is 60.4 Å². The molecule has 0 aliphatic rings. The van der Waals surface area contributed by atoms with Gasteiger partial charge in [0, 0.05) is 5.69 Å². The second-order valence-corrected chi connectivity index (χ2v) is 6.37. The molecule has 2 aromatic carbocycles. The topological polar surface area (TPSA) is 94.5 Å². The van der Waals surface area contributed by atoms with Crippen LogP contribution < -0.4 is 11.1 Å². The highest BCUT2D eigenvalue weighted by Crippen LogP contribution is 2.26. The Morgan fingerprint density at radius 3 is 2.67 bits per heavy atom. The summed E-state index contributed by atoms with van der Waals surface area (Å²) in [6.45, 7) is 2.20. The lowest BCUT2D eigenvalue weighted by atomic mass is 10.1. The first-order valence-electron chi connectivity index (χ1n) is 9.03. The summed E-state index contributed by atoms with van der Waals surface area (Å²) in [6.07, 6.45) is 4.95. The lowest BCUT2D eigenvalue weighted by Crippen LogP contribution is -2.08. The van der Waals surface area contributed by atoms with E-state index in [1.807, 2.05) is 36.4 Å². The van der Waals surface area contributed by atoms with Crippen molar-refractivity contribution in [3.8, 4) is 5.82 Å². The van der Waals surface area contributed by atoms with E-state index >= 15 is 0 Å². The van der Waals surface area contributed by atoms with Crippen LogP contribution in [-0.4, -0.2) is 25.0 Å². The van der Waals surface area contributed by atoms with Gasteiger partial charge in [0.25, 0.3) is 0 Å². The SMILES string of the molecule is CCCCc1ccc(Nc2ncnc(-n3nnc4ccccc43)c2N)cc1. The standard InChI is InChI=1S/C20H21N7/c1-2-3-6-14-9-11-15(12-10-14)24-19-18(21)20(23-13-22-19)27-17-8-5-4-7-16(17)25-26-27/h4-5,7-13H,2-3,6,21H2,1H3,(H,22,23,24). The van der Waals surface area contributed by atoms with Crippen molar-refractivity contribution in [1.29, 1.82) is 0 Å². The highest BCUT2D eigenvalue weighted by molar-refractivity contribution is 5.80. The Balaban J connectivity index is 1.62. The van der Waals surface area contributed by atoms with Gasteiger partial charge in [0.2, 0.25) is 0 Å². The molecule has 0 spiro atoms. The van der Waals surface area contributed by atoms with Gasteiger partial charge in [-0.15, -0.1) is 5.10 Å². The molecule has 0 aliphatic heterocycles. The molecular formula is C20H21N7. The Hall–Kier alpha value is -3.48. The lowest BCUT2D eigenvalue weighted by molar-refractivity contribution is 0.795. The molecule has 3 N–H and O–H groups in total. The predicted molar refractivity (Wildman–Crippen MR) is 107 cm³/mol. The minimum Gasteiger partial charge on any atom is -0.393 e. The van der Waals surface area contributed by atoms with Crippen LogP contribution in [0.1, 0.15) is 25.3 Å². The minimum absolute atomic E-state index is 0.420. The molecule has 2 heterocycles. The first-order chi connectivity index (χ1) is 13.3. The van der Waals surface area contributed by atoms with E-state index in [-0.39, 0.29) is 0 Å². The van der Waals surface area contributed by atoms with Crippen molar-refractivity contribution in [2.24, 2.45) is 0 Å². The number of benzene rings is 2. The van der Waals surface area contributed by atoms with Gasteiger partial charge in [-0.25, -0.2) is 9.97 Å². The molecule has 0 aliphatic carbocycles. The lowest BCUT2D eigenvalue weighted by Gasteiger charge is -2.11. The number of hydrogen-bond acceptors (Lipinski definition) is 6. The smallest absolute Gasteiger partial charge is 0.184 e. The van der Waals surface area contributed by atoms with Crippen LogP contribution in [0.2, 0.25) is 0 Å². The molecule has 2 aromatic heterocycles. The number of anilines is 3. The fourth-order valence-electron chi connectivity index (χ4n) is 2.95. The van der Waals surface area contributed by atoms with Crippen LogP contribution in [-0.2, 0) is 6.42 Å². The number of aryl methyl sites for hydroxylation is 1. The van der Waals surface area contributed by atoms with Crippen LogP contribution in [0.3, 0.4) is 0 Å². The molecule has 0 saturated heterocycles. The van der Waals surface area contributed by atoms with Crippen LogP contribution >= 0.6 is 0 Å². The average molecular weight is 359 g/mol. The number of nitrogens with one attached hydrogen (secondary N) is 1. The number of nitrogens with zero attached hydrogens (tertiary/aromatic N) is 5. The van der Waals surface area contributed by atoms with Crippen LogP contribution in [0.25, 0.3) is 16.9 Å². The second-order valence-electron chi connectivity index (χ2n) is 6.37. The number of unbranched alkanes of at least 4 members (excludes halogenated alkanes) is 1. The summed E-state index contributed by atoms with van der Waals surface area (Å²) in [5, 5.41) is 11.6. The molecule has 0 saturated carbocycles. The number of para-hydroxylation sites is 1. The van der Waals surface area contributed by atoms with Crippen LogP contribution in [0, 0.1) is 0 Å². The van der Waals surface area contributed by atoms with Crippen LogP contribution in [0.4, 0.5) is 17.2 Å². The van der Waals surface area contributed by atoms with Gasteiger partial charge in [0.05, 0.1) is 5.52 Å². The number of fused-ring (bicyclic) bond motifs is 1. The maximum absolute atomic E-state index is 6.33. The third-order valence-corrected chi connectivity index (χ3v) is 4.45. The summed E-state index contributed by atoms with van der Waals surface area (Å²) >= 11 is 0. The normalized spacial score (nSPS) is 11.0. The van der Waals surface area contributed by atoms with E-state index in [0.717, 1.165) is 23.1 Å². The molecule has 4 aromatic rings. The Kier molecular flexibility index (Phi) is 4.65. The Morgan fingerprint density at radius 2 is 1.85 bits per heavy atom. The van der Waals surface area contributed by atoms with Crippen molar-refractivity contribution < 1.29 is 0 Å². The molecule has 4 rings (SSSR count). The molecular weight excluding hydrogens is 338 g/mol. The zero-order valence-corrected chi connectivity index (χ0v) is 15.1. The summed E-state index contributed by atoms with van der Waals surface area (Å²) in [6, 6.07) is 16.0. The van der Waals surface area contributed by atoms with Gasteiger partial charge in [0.15, 0.2) is 11.6 Å². The van der Waals surface area contributed by atoms with Gasteiger partial charge < -0.3 is 11.1 Å². The van der Waals surface area contributed by atoms with E-state index in [4.69, 9.17) is 5.73 Å².